The number of piperazine rings is 1. The van der Waals surface area contributed by atoms with Crippen LogP contribution in [-0.2, 0) is 9.59 Å². The van der Waals surface area contributed by atoms with E-state index in [1.54, 1.807) is 42.5 Å². The summed E-state index contributed by atoms with van der Waals surface area (Å²) >= 11 is 5.92. The average Bonchev–Trinajstić information content (AvgIpc) is 2.63. The highest BCUT2D eigenvalue weighted by atomic mass is 35.5. The van der Waals surface area contributed by atoms with Crippen molar-refractivity contribution >= 4 is 35.0 Å². The van der Waals surface area contributed by atoms with Gasteiger partial charge >= 0.3 is 0 Å². The molecule has 7 heteroatoms. The van der Waals surface area contributed by atoms with Crippen LogP contribution >= 0.6 is 11.6 Å². The Morgan fingerprint density at radius 1 is 1.22 bits per heavy atom. The van der Waals surface area contributed by atoms with Crippen LogP contribution in [0.1, 0.15) is 22.3 Å². The number of aryl methyl sites for hydroxylation is 1. The number of halogens is 1. The number of nitrogens with one attached hydrogen (secondary N) is 2. The Balaban J connectivity index is 1.75. The molecule has 0 aliphatic carbocycles. The zero-order valence-electron chi connectivity index (χ0n) is 14.9. The first-order valence-electron chi connectivity index (χ1n) is 8.65. The van der Waals surface area contributed by atoms with E-state index in [9.17, 15) is 14.4 Å². The first-order valence-corrected chi connectivity index (χ1v) is 9.02. The molecular formula is C20H20ClN3O3. The number of carbonyl (C=O) groups excluding carboxylic acids is 3. The Bertz CT molecular complexity index is 884. The number of amides is 3. The third-order valence-corrected chi connectivity index (χ3v) is 4.58. The van der Waals surface area contributed by atoms with Crippen LogP contribution in [0.2, 0.25) is 5.02 Å². The van der Waals surface area contributed by atoms with E-state index < -0.39 is 6.04 Å². The molecule has 27 heavy (non-hydrogen) atoms. The van der Waals surface area contributed by atoms with Crippen molar-refractivity contribution in [3.63, 3.8) is 0 Å². The standard InChI is InChI=1S/C20H20ClN3O3/c1-13-4-2-5-14(10-13)20(27)24-9-8-22-19(26)17(24)12-18(25)23-16-7-3-6-15(21)11-16/h2-7,10-11,17H,8-9,12H2,1H3,(H,22,26)(H,23,25)/t17-/m1/s1. The maximum absolute atomic E-state index is 12.9. The van der Waals surface area contributed by atoms with Crippen LogP contribution in [0.3, 0.4) is 0 Å². The van der Waals surface area contributed by atoms with Gasteiger partial charge in [0.2, 0.25) is 11.8 Å². The lowest BCUT2D eigenvalue weighted by Gasteiger charge is -2.34. The van der Waals surface area contributed by atoms with Crippen molar-refractivity contribution in [1.82, 2.24) is 10.2 Å². The molecule has 0 unspecified atom stereocenters. The van der Waals surface area contributed by atoms with E-state index >= 15 is 0 Å². The summed E-state index contributed by atoms with van der Waals surface area (Å²) in [5.74, 6) is -0.945. The quantitative estimate of drug-likeness (QED) is 0.849. The number of anilines is 1. The first kappa shape index (κ1) is 18.9. The normalized spacial score (nSPS) is 16.6. The van der Waals surface area contributed by atoms with Gasteiger partial charge in [-0.25, -0.2) is 0 Å². The van der Waals surface area contributed by atoms with Crippen molar-refractivity contribution in [2.45, 2.75) is 19.4 Å². The summed E-state index contributed by atoms with van der Waals surface area (Å²) < 4.78 is 0. The van der Waals surface area contributed by atoms with Crippen molar-refractivity contribution in [2.24, 2.45) is 0 Å². The lowest BCUT2D eigenvalue weighted by molar-refractivity contribution is -0.131. The lowest BCUT2D eigenvalue weighted by Crippen LogP contribution is -2.58. The van der Waals surface area contributed by atoms with E-state index in [0.29, 0.717) is 29.4 Å². The summed E-state index contributed by atoms with van der Waals surface area (Å²) in [6, 6.07) is 13.1. The third kappa shape index (κ3) is 4.65. The number of hydrogen-bond acceptors (Lipinski definition) is 3. The fourth-order valence-electron chi connectivity index (χ4n) is 3.06. The van der Waals surface area contributed by atoms with E-state index in [1.165, 1.54) is 4.90 Å². The Hall–Kier alpha value is -2.86. The van der Waals surface area contributed by atoms with Gasteiger partial charge in [-0.1, -0.05) is 35.4 Å². The van der Waals surface area contributed by atoms with Gasteiger partial charge in [0.05, 0.1) is 6.42 Å². The second kappa shape index (κ2) is 8.22. The largest absolute Gasteiger partial charge is 0.353 e. The van der Waals surface area contributed by atoms with Crippen molar-refractivity contribution in [3.05, 3.63) is 64.7 Å². The number of rotatable bonds is 4. The maximum atomic E-state index is 12.9. The van der Waals surface area contributed by atoms with E-state index in [0.717, 1.165) is 5.56 Å². The minimum atomic E-state index is -0.856. The third-order valence-electron chi connectivity index (χ3n) is 4.34. The van der Waals surface area contributed by atoms with E-state index in [4.69, 9.17) is 11.6 Å². The van der Waals surface area contributed by atoms with Gasteiger partial charge in [-0.05, 0) is 37.3 Å². The number of carbonyl (C=O) groups is 3. The highest BCUT2D eigenvalue weighted by Gasteiger charge is 2.35. The van der Waals surface area contributed by atoms with Crippen LogP contribution < -0.4 is 10.6 Å². The lowest BCUT2D eigenvalue weighted by atomic mass is 10.0. The van der Waals surface area contributed by atoms with Gasteiger partial charge in [0.15, 0.2) is 0 Å². The molecule has 0 saturated carbocycles. The molecule has 2 aromatic rings. The summed E-state index contributed by atoms with van der Waals surface area (Å²) in [5, 5.41) is 5.94. The molecule has 0 bridgehead atoms. The number of hydrogen-bond donors (Lipinski definition) is 2. The van der Waals surface area contributed by atoms with Crippen LogP contribution in [0, 0.1) is 6.92 Å². The molecule has 0 spiro atoms. The van der Waals surface area contributed by atoms with Gasteiger partial charge in [0, 0.05) is 29.4 Å². The molecule has 3 amide bonds. The van der Waals surface area contributed by atoms with E-state index in [2.05, 4.69) is 10.6 Å². The summed E-state index contributed by atoms with van der Waals surface area (Å²) in [5.41, 5.74) is 2.00. The molecule has 1 fully saturated rings. The van der Waals surface area contributed by atoms with Crippen LogP contribution in [0.25, 0.3) is 0 Å². The Morgan fingerprint density at radius 2 is 2.00 bits per heavy atom. The predicted octanol–water partition coefficient (Wildman–Crippen LogP) is 2.62. The summed E-state index contributed by atoms with van der Waals surface area (Å²) in [6.07, 6.45) is -0.129. The van der Waals surface area contributed by atoms with Crippen molar-refractivity contribution < 1.29 is 14.4 Å². The highest BCUT2D eigenvalue weighted by molar-refractivity contribution is 6.30. The minimum absolute atomic E-state index is 0.129. The molecule has 1 aliphatic heterocycles. The van der Waals surface area contributed by atoms with E-state index in [-0.39, 0.29) is 24.1 Å². The molecule has 3 rings (SSSR count). The van der Waals surface area contributed by atoms with Gasteiger partial charge in [-0.2, -0.15) is 0 Å². The predicted molar refractivity (Wildman–Crippen MR) is 104 cm³/mol. The molecule has 2 aromatic carbocycles. The maximum Gasteiger partial charge on any atom is 0.254 e. The second-order valence-corrected chi connectivity index (χ2v) is 6.87. The summed E-state index contributed by atoms with van der Waals surface area (Å²) in [4.78, 5) is 39.1. The monoisotopic (exact) mass is 385 g/mol. The molecule has 2 N–H and O–H groups in total. The Kier molecular flexibility index (Phi) is 5.76. The van der Waals surface area contributed by atoms with Gasteiger partial charge in [0.25, 0.3) is 5.91 Å². The fourth-order valence-corrected chi connectivity index (χ4v) is 3.25. The van der Waals surface area contributed by atoms with Crippen LogP contribution in [0.4, 0.5) is 5.69 Å². The summed E-state index contributed by atoms with van der Waals surface area (Å²) in [6.45, 7) is 2.62. The van der Waals surface area contributed by atoms with Crippen molar-refractivity contribution in [1.29, 1.82) is 0 Å². The zero-order valence-corrected chi connectivity index (χ0v) is 15.6. The minimum Gasteiger partial charge on any atom is -0.353 e. The molecule has 1 saturated heterocycles. The fraction of sp³-hybridized carbons (Fsp3) is 0.250. The SMILES string of the molecule is Cc1cccc(C(=O)N2CCNC(=O)[C@H]2CC(=O)Nc2cccc(Cl)c2)c1. The molecule has 1 heterocycles. The van der Waals surface area contributed by atoms with Crippen molar-refractivity contribution in [2.75, 3.05) is 18.4 Å². The number of benzene rings is 2. The van der Waals surface area contributed by atoms with Gasteiger partial charge < -0.3 is 15.5 Å². The molecule has 1 aliphatic rings. The van der Waals surface area contributed by atoms with Gasteiger partial charge in [-0.3, -0.25) is 14.4 Å². The molecule has 1 atom stereocenters. The molecule has 0 aromatic heterocycles. The zero-order chi connectivity index (χ0) is 19.4. The smallest absolute Gasteiger partial charge is 0.254 e. The van der Waals surface area contributed by atoms with Gasteiger partial charge in [0.1, 0.15) is 6.04 Å². The highest BCUT2D eigenvalue weighted by Crippen LogP contribution is 2.18. The first-order chi connectivity index (χ1) is 12.9. The van der Waals surface area contributed by atoms with E-state index in [1.807, 2.05) is 13.0 Å². The Labute approximate surface area is 162 Å². The molecular weight excluding hydrogens is 366 g/mol. The molecule has 140 valence electrons. The summed E-state index contributed by atoms with van der Waals surface area (Å²) in [7, 11) is 0. The Morgan fingerprint density at radius 3 is 2.74 bits per heavy atom. The second-order valence-electron chi connectivity index (χ2n) is 6.44. The number of nitrogens with zero attached hydrogens (tertiary/aromatic N) is 1. The topological polar surface area (TPSA) is 78.5 Å². The van der Waals surface area contributed by atoms with Crippen LogP contribution in [0.15, 0.2) is 48.5 Å². The average molecular weight is 386 g/mol. The van der Waals surface area contributed by atoms with Gasteiger partial charge in [-0.15, -0.1) is 0 Å². The molecule has 0 radical (unpaired) electrons. The van der Waals surface area contributed by atoms with Crippen LogP contribution in [0.5, 0.6) is 0 Å². The van der Waals surface area contributed by atoms with Crippen LogP contribution in [-0.4, -0.2) is 41.8 Å². The van der Waals surface area contributed by atoms with Crippen molar-refractivity contribution in [3.8, 4) is 0 Å². The molecule has 6 nitrogen and oxygen atoms in total.